The number of benzene rings is 1. The minimum absolute atomic E-state index is 0.640. The van der Waals surface area contributed by atoms with Crippen LogP contribution in [-0.4, -0.2) is 0 Å². The summed E-state index contributed by atoms with van der Waals surface area (Å²) in [5, 5.41) is 0. The average Bonchev–Trinajstić information content (AvgIpc) is 2.68. The molecule has 3 unspecified atom stereocenters. The monoisotopic (exact) mass is 226 g/mol. The van der Waals surface area contributed by atoms with Gasteiger partial charge in [-0.25, -0.2) is 0 Å². The maximum atomic E-state index is 2.38. The van der Waals surface area contributed by atoms with Crippen LogP contribution < -0.4 is 0 Å². The van der Waals surface area contributed by atoms with Crippen LogP contribution in [0.15, 0.2) is 48.1 Å². The number of hydrogen-bond acceptors (Lipinski definition) is 0. The highest BCUT2D eigenvalue weighted by molar-refractivity contribution is 5.48. The highest BCUT2D eigenvalue weighted by atomic mass is 14.4. The zero-order chi connectivity index (χ0) is 12.4. The molecule has 3 atom stereocenters. The Morgan fingerprint density at radius 3 is 2.35 bits per heavy atom. The molecule has 0 fully saturated rings. The first-order chi connectivity index (χ1) is 8.29. The van der Waals surface area contributed by atoms with Gasteiger partial charge in [0.25, 0.3) is 0 Å². The van der Waals surface area contributed by atoms with Crippen molar-refractivity contribution in [2.45, 2.75) is 39.5 Å². The number of hydrogen-bond donors (Lipinski definition) is 0. The van der Waals surface area contributed by atoms with Gasteiger partial charge < -0.3 is 0 Å². The summed E-state index contributed by atoms with van der Waals surface area (Å²) in [4.78, 5) is 0. The Hall–Kier alpha value is -1.30. The van der Waals surface area contributed by atoms with Crippen LogP contribution in [-0.2, 0) is 0 Å². The van der Waals surface area contributed by atoms with Gasteiger partial charge >= 0.3 is 0 Å². The molecule has 0 aliphatic heterocycles. The molecule has 2 aliphatic rings. The van der Waals surface area contributed by atoms with E-state index in [9.17, 15) is 0 Å². The zero-order valence-corrected chi connectivity index (χ0v) is 11.3. The van der Waals surface area contributed by atoms with Crippen molar-refractivity contribution in [1.82, 2.24) is 0 Å². The van der Waals surface area contributed by atoms with Crippen molar-refractivity contribution in [2.75, 3.05) is 0 Å². The van der Waals surface area contributed by atoms with Crippen molar-refractivity contribution in [3.05, 3.63) is 59.2 Å². The van der Waals surface area contributed by atoms with Crippen LogP contribution in [0, 0.1) is 5.92 Å². The first-order valence-corrected chi connectivity index (χ1v) is 6.73. The van der Waals surface area contributed by atoms with Gasteiger partial charge in [-0.15, -0.1) is 0 Å². The van der Waals surface area contributed by atoms with E-state index in [4.69, 9.17) is 0 Å². The van der Waals surface area contributed by atoms with E-state index in [0.29, 0.717) is 17.8 Å². The Bertz CT molecular complexity index is 451. The summed E-state index contributed by atoms with van der Waals surface area (Å²) in [6, 6.07) is 8.92. The van der Waals surface area contributed by atoms with Crippen molar-refractivity contribution >= 4 is 0 Å². The largest absolute Gasteiger partial charge is 0.0799 e. The zero-order valence-electron chi connectivity index (χ0n) is 11.3. The van der Waals surface area contributed by atoms with Gasteiger partial charge in [0.1, 0.15) is 0 Å². The molecule has 0 saturated heterocycles. The molecule has 0 heteroatoms. The molecule has 0 bridgehead atoms. The highest BCUT2D eigenvalue weighted by Crippen LogP contribution is 2.51. The lowest BCUT2D eigenvalue weighted by molar-refractivity contribution is 0.527. The van der Waals surface area contributed by atoms with Gasteiger partial charge in [-0.1, -0.05) is 68.8 Å². The molecule has 1 aromatic rings. The highest BCUT2D eigenvalue weighted by Gasteiger charge is 2.37. The third-order valence-corrected chi connectivity index (χ3v) is 3.97. The predicted octanol–water partition coefficient (Wildman–Crippen LogP) is 5.05. The second kappa shape index (κ2) is 4.91. The lowest BCUT2D eigenvalue weighted by Crippen LogP contribution is -2.11. The van der Waals surface area contributed by atoms with Crippen LogP contribution in [0.1, 0.15) is 50.7 Å². The lowest BCUT2D eigenvalue weighted by atomic mass is 9.80. The van der Waals surface area contributed by atoms with Crippen LogP contribution in [0.25, 0.3) is 0 Å². The van der Waals surface area contributed by atoms with Crippen molar-refractivity contribution in [2.24, 2.45) is 5.92 Å². The summed E-state index contributed by atoms with van der Waals surface area (Å²) in [6.45, 7) is 8.61. The fraction of sp³-hybridized carbons (Fsp3) is 0.412. The van der Waals surface area contributed by atoms with E-state index in [2.05, 4.69) is 56.3 Å². The fourth-order valence-electron chi connectivity index (χ4n) is 3.18. The molecular weight excluding hydrogens is 204 g/mol. The molecule has 0 aromatic heterocycles. The van der Waals surface area contributed by atoms with Gasteiger partial charge in [-0.3, -0.25) is 0 Å². The molecule has 0 radical (unpaired) electrons. The third kappa shape index (κ3) is 1.86. The van der Waals surface area contributed by atoms with Crippen molar-refractivity contribution in [1.29, 1.82) is 0 Å². The second-order valence-electron chi connectivity index (χ2n) is 4.77. The lowest BCUT2D eigenvalue weighted by Gasteiger charge is -2.23. The van der Waals surface area contributed by atoms with Gasteiger partial charge in [0.15, 0.2) is 0 Å². The molecule has 3 rings (SSSR count). The molecule has 2 aliphatic carbocycles. The summed E-state index contributed by atoms with van der Waals surface area (Å²) in [5.41, 5.74) is 4.61. The van der Waals surface area contributed by atoms with Gasteiger partial charge in [0.05, 0.1) is 0 Å². The van der Waals surface area contributed by atoms with Crippen molar-refractivity contribution in [3.63, 3.8) is 0 Å². The van der Waals surface area contributed by atoms with Crippen LogP contribution in [0.3, 0.4) is 0 Å². The predicted molar refractivity (Wildman–Crippen MR) is 75.3 cm³/mol. The molecular formula is C17H22. The minimum Gasteiger partial charge on any atom is -0.0799 e. The first kappa shape index (κ1) is 12.2. The maximum Gasteiger partial charge on any atom is 0.0120 e. The number of fused-ring (bicyclic) bond motifs is 3. The topological polar surface area (TPSA) is 0 Å². The van der Waals surface area contributed by atoms with Gasteiger partial charge in [-0.05, 0) is 29.9 Å². The molecule has 90 valence electrons. The second-order valence-corrected chi connectivity index (χ2v) is 4.77. The van der Waals surface area contributed by atoms with Crippen LogP contribution in [0.2, 0.25) is 0 Å². The normalized spacial score (nSPS) is 28.7. The van der Waals surface area contributed by atoms with E-state index in [1.165, 1.54) is 5.57 Å². The summed E-state index contributed by atoms with van der Waals surface area (Å²) in [5.74, 6) is 2.00. The molecule has 0 saturated carbocycles. The summed E-state index contributed by atoms with van der Waals surface area (Å²) >= 11 is 0. The Labute approximate surface area is 105 Å². The molecule has 0 N–H and O–H groups in total. The van der Waals surface area contributed by atoms with Crippen LogP contribution in [0.5, 0.6) is 0 Å². The Balaban J connectivity index is 0.000000514. The maximum absolute atomic E-state index is 2.38. The molecule has 17 heavy (non-hydrogen) atoms. The molecule has 1 aromatic carbocycles. The van der Waals surface area contributed by atoms with Crippen molar-refractivity contribution in [3.8, 4) is 0 Å². The fourth-order valence-corrected chi connectivity index (χ4v) is 3.18. The SMILES string of the molecule is CC.CC1=CC=CC2C(C)c3ccccc3C12. The van der Waals surface area contributed by atoms with E-state index in [0.717, 1.165) is 0 Å². The summed E-state index contributed by atoms with van der Waals surface area (Å²) in [7, 11) is 0. The molecule has 0 heterocycles. The quantitative estimate of drug-likeness (QED) is 0.581. The number of allylic oxidation sites excluding steroid dienone is 4. The Morgan fingerprint density at radius 2 is 1.65 bits per heavy atom. The molecule has 0 nitrogen and oxygen atoms in total. The minimum atomic E-state index is 0.640. The van der Waals surface area contributed by atoms with E-state index in [1.54, 1.807) is 11.1 Å². The van der Waals surface area contributed by atoms with Crippen LogP contribution >= 0.6 is 0 Å². The first-order valence-electron chi connectivity index (χ1n) is 6.73. The Kier molecular flexibility index (Phi) is 3.51. The van der Waals surface area contributed by atoms with Crippen LogP contribution in [0.4, 0.5) is 0 Å². The van der Waals surface area contributed by atoms with E-state index in [1.807, 2.05) is 13.8 Å². The summed E-state index contributed by atoms with van der Waals surface area (Å²) < 4.78 is 0. The van der Waals surface area contributed by atoms with Gasteiger partial charge in [0.2, 0.25) is 0 Å². The Morgan fingerprint density at radius 1 is 1.00 bits per heavy atom. The standard InChI is InChI=1S/C15H16.C2H6/c1-10-6-5-9-13-11(2)12-7-3-4-8-14(12)15(10)13;1-2/h3-9,11,13,15H,1-2H3;1-2H3. The molecule has 0 amide bonds. The van der Waals surface area contributed by atoms with E-state index < -0.39 is 0 Å². The van der Waals surface area contributed by atoms with Gasteiger partial charge in [0, 0.05) is 5.92 Å². The summed E-state index contributed by atoms with van der Waals surface area (Å²) in [6.07, 6.45) is 6.86. The smallest absolute Gasteiger partial charge is 0.0120 e. The molecule has 0 spiro atoms. The van der Waals surface area contributed by atoms with E-state index >= 15 is 0 Å². The average molecular weight is 226 g/mol. The van der Waals surface area contributed by atoms with Crippen molar-refractivity contribution < 1.29 is 0 Å². The third-order valence-electron chi connectivity index (χ3n) is 3.97. The van der Waals surface area contributed by atoms with Gasteiger partial charge in [-0.2, -0.15) is 0 Å². The van der Waals surface area contributed by atoms with E-state index in [-0.39, 0.29) is 0 Å². The number of rotatable bonds is 0.